The van der Waals surface area contributed by atoms with E-state index in [0.29, 0.717) is 19.6 Å². The number of amides is 3. The summed E-state index contributed by atoms with van der Waals surface area (Å²) in [5, 5.41) is 8.28. The van der Waals surface area contributed by atoms with E-state index in [-0.39, 0.29) is 24.2 Å². The van der Waals surface area contributed by atoms with Crippen molar-refractivity contribution in [1.29, 1.82) is 0 Å². The zero-order valence-electron chi connectivity index (χ0n) is 17.9. The lowest BCUT2D eigenvalue weighted by molar-refractivity contribution is 0.108. The van der Waals surface area contributed by atoms with Crippen molar-refractivity contribution in [1.82, 2.24) is 20.4 Å². The minimum absolute atomic E-state index is 0.0635. The minimum Gasteiger partial charge on any atom is -0.453 e. The smallest absolute Gasteiger partial charge is 0.409 e. The van der Waals surface area contributed by atoms with Gasteiger partial charge < -0.3 is 20.3 Å². The van der Waals surface area contributed by atoms with Gasteiger partial charge in [-0.1, -0.05) is 30.3 Å². The van der Waals surface area contributed by atoms with Crippen LogP contribution in [0.1, 0.15) is 34.9 Å². The summed E-state index contributed by atoms with van der Waals surface area (Å²) in [5.74, 6) is 0. The summed E-state index contributed by atoms with van der Waals surface area (Å²) in [5.41, 5.74) is 2.60. The number of methoxy groups -OCH3 is 1. The first kappa shape index (κ1) is 21.6. The standard InChI is InChI=1S/C23H30N4O3S/c1-30-23(29)27-11-5-8-19(16-27)25-22(28)24-14-20(17-6-3-2-4-7-17)26-12-9-21-18(15-26)10-13-31-21/h2-4,6-7,10,13,19-20H,5,8-9,11-12,14-16H2,1H3,(H2,24,25,28). The number of fused-ring (bicyclic) bond motifs is 1. The van der Waals surface area contributed by atoms with E-state index in [4.69, 9.17) is 4.74 Å². The third-order valence-corrected chi connectivity index (χ3v) is 7.13. The molecule has 0 aliphatic carbocycles. The Bertz CT molecular complexity index is 888. The minimum atomic E-state index is -0.339. The van der Waals surface area contributed by atoms with Crippen LogP contribution in [0.25, 0.3) is 0 Å². The summed E-state index contributed by atoms with van der Waals surface area (Å²) in [6, 6.07) is 12.4. The van der Waals surface area contributed by atoms with Crippen LogP contribution in [-0.2, 0) is 17.7 Å². The average Bonchev–Trinajstić information content (AvgIpc) is 3.27. The zero-order valence-corrected chi connectivity index (χ0v) is 18.7. The van der Waals surface area contributed by atoms with Gasteiger partial charge in [0, 0.05) is 43.6 Å². The van der Waals surface area contributed by atoms with E-state index >= 15 is 0 Å². The fourth-order valence-electron chi connectivity index (χ4n) is 4.48. The Morgan fingerprint density at radius 3 is 2.87 bits per heavy atom. The fraction of sp³-hybridized carbons (Fsp3) is 0.478. The van der Waals surface area contributed by atoms with Crippen molar-refractivity contribution < 1.29 is 14.3 Å². The number of urea groups is 1. The molecule has 8 heteroatoms. The summed E-state index contributed by atoms with van der Waals surface area (Å²) in [4.78, 5) is 30.0. The summed E-state index contributed by atoms with van der Waals surface area (Å²) in [6.07, 6.45) is 2.42. The number of hydrogen-bond donors (Lipinski definition) is 2. The molecule has 0 saturated carbocycles. The van der Waals surface area contributed by atoms with Crippen LogP contribution < -0.4 is 10.6 Å². The van der Waals surface area contributed by atoms with Crippen LogP contribution in [0.15, 0.2) is 41.8 Å². The van der Waals surface area contributed by atoms with Crippen molar-refractivity contribution >= 4 is 23.5 Å². The van der Waals surface area contributed by atoms with Gasteiger partial charge in [-0.2, -0.15) is 0 Å². The largest absolute Gasteiger partial charge is 0.453 e. The van der Waals surface area contributed by atoms with Gasteiger partial charge >= 0.3 is 12.1 Å². The number of piperidine rings is 1. The van der Waals surface area contributed by atoms with Gasteiger partial charge in [-0.05, 0) is 41.8 Å². The van der Waals surface area contributed by atoms with E-state index < -0.39 is 0 Å². The van der Waals surface area contributed by atoms with E-state index in [1.54, 1.807) is 4.90 Å². The lowest BCUT2D eigenvalue weighted by atomic mass is 10.0. The molecule has 7 nitrogen and oxygen atoms in total. The van der Waals surface area contributed by atoms with Gasteiger partial charge in [0.1, 0.15) is 0 Å². The van der Waals surface area contributed by atoms with E-state index in [1.807, 2.05) is 29.5 Å². The van der Waals surface area contributed by atoms with Gasteiger partial charge in [-0.25, -0.2) is 9.59 Å². The summed E-state index contributed by atoms with van der Waals surface area (Å²) >= 11 is 1.83. The number of ether oxygens (including phenoxy) is 1. The Labute approximate surface area is 187 Å². The Kier molecular flexibility index (Phi) is 7.09. The molecular formula is C23H30N4O3S. The predicted octanol–water partition coefficient (Wildman–Crippen LogP) is 3.38. The molecule has 3 amide bonds. The van der Waals surface area contributed by atoms with Crippen LogP contribution in [0.2, 0.25) is 0 Å². The molecule has 1 fully saturated rings. The van der Waals surface area contributed by atoms with Gasteiger partial charge in [-0.15, -0.1) is 11.3 Å². The molecule has 0 spiro atoms. The van der Waals surface area contributed by atoms with Crippen molar-refractivity contribution in [2.24, 2.45) is 0 Å². The van der Waals surface area contributed by atoms with Crippen molar-refractivity contribution in [3.05, 3.63) is 57.8 Å². The van der Waals surface area contributed by atoms with E-state index in [1.165, 1.54) is 23.1 Å². The molecule has 2 aromatic rings. The molecule has 4 rings (SSSR count). The second kappa shape index (κ2) is 10.2. The molecule has 3 heterocycles. The quantitative estimate of drug-likeness (QED) is 0.745. The Hall–Kier alpha value is -2.58. The van der Waals surface area contributed by atoms with Gasteiger partial charge in [0.15, 0.2) is 0 Å². The summed E-state index contributed by atoms with van der Waals surface area (Å²) in [7, 11) is 1.38. The summed E-state index contributed by atoms with van der Waals surface area (Å²) < 4.78 is 4.81. The molecule has 31 heavy (non-hydrogen) atoms. The lowest BCUT2D eigenvalue weighted by Gasteiger charge is -2.35. The summed E-state index contributed by atoms with van der Waals surface area (Å²) in [6.45, 7) is 3.56. The first-order valence-electron chi connectivity index (χ1n) is 10.9. The first-order chi connectivity index (χ1) is 15.1. The Morgan fingerprint density at radius 2 is 2.06 bits per heavy atom. The first-order valence-corrected chi connectivity index (χ1v) is 11.7. The highest BCUT2D eigenvalue weighted by atomic mass is 32.1. The molecule has 1 saturated heterocycles. The SMILES string of the molecule is COC(=O)N1CCCC(NC(=O)NCC(c2ccccc2)N2CCc3sccc3C2)C1. The maximum absolute atomic E-state index is 12.7. The molecule has 2 aliphatic rings. The van der Waals surface area contributed by atoms with Crippen LogP contribution in [0, 0.1) is 0 Å². The Balaban J connectivity index is 1.36. The number of carbonyl (C=O) groups is 2. The molecule has 2 unspecified atom stereocenters. The normalized spacial score (nSPS) is 19.9. The van der Waals surface area contributed by atoms with E-state index in [9.17, 15) is 9.59 Å². The second-order valence-corrected chi connectivity index (χ2v) is 9.13. The number of nitrogens with one attached hydrogen (secondary N) is 2. The number of likely N-dealkylation sites (tertiary alicyclic amines) is 1. The molecule has 2 N–H and O–H groups in total. The number of nitrogens with zero attached hydrogens (tertiary/aromatic N) is 2. The number of rotatable bonds is 5. The molecule has 1 aromatic heterocycles. The highest BCUT2D eigenvalue weighted by molar-refractivity contribution is 7.10. The zero-order chi connectivity index (χ0) is 21.6. The average molecular weight is 443 g/mol. The van der Waals surface area contributed by atoms with Crippen molar-refractivity contribution in [2.75, 3.05) is 33.3 Å². The highest BCUT2D eigenvalue weighted by Gasteiger charge is 2.28. The molecule has 166 valence electrons. The lowest BCUT2D eigenvalue weighted by Crippen LogP contribution is -2.52. The van der Waals surface area contributed by atoms with Crippen molar-refractivity contribution in [3.63, 3.8) is 0 Å². The van der Waals surface area contributed by atoms with Crippen LogP contribution >= 0.6 is 11.3 Å². The second-order valence-electron chi connectivity index (χ2n) is 8.13. The third kappa shape index (κ3) is 5.37. The molecule has 2 atom stereocenters. The number of benzene rings is 1. The molecule has 0 radical (unpaired) electrons. The van der Waals surface area contributed by atoms with Gasteiger partial charge in [0.2, 0.25) is 0 Å². The predicted molar refractivity (Wildman–Crippen MR) is 121 cm³/mol. The van der Waals surface area contributed by atoms with Crippen LogP contribution in [0.4, 0.5) is 9.59 Å². The fourth-order valence-corrected chi connectivity index (χ4v) is 5.37. The maximum atomic E-state index is 12.7. The maximum Gasteiger partial charge on any atom is 0.409 e. The van der Waals surface area contributed by atoms with E-state index in [2.05, 4.69) is 39.1 Å². The molecule has 0 bridgehead atoms. The molecule has 1 aromatic carbocycles. The monoisotopic (exact) mass is 442 g/mol. The van der Waals surface area contributed by atoms with E-state index in [0.717, 1.165) is 32.4 Å². The third-order valence-electron chi connectivity index (χ3n) is 6.11. The molecule has 2 aliphatic heterocycles. The number of thiophene rings is 1. The molecular weight excluding hydrogens is 412 g/mol. The van der Waals surface area contributed by atoms with Crippen molar-refractivity contribution in [3.8, 4) is 0 Å². The van der Waals surface area contributed by atoms with Crippen LogP contribution in [0.5, 0.6) is 0 Å². The van der Waals surface area contributed by atoms with Gasteiger partial charge in [0.05, 0.1) is 13.2 Å². The number of carbonyl (C=O) groups excluding carboxylic acids is 2. The van der Waals surface area contributed by atoms with Gasteiger partial charge in [-0.3, -0.25) is 4.90 Å². The number of hydrogen-bond acceptors (Lipinski definition) is 5. The Morgan fingerprint density at radius 1 is 1.23 bits per heavy atom. The topological polar surface area (TPSA) is 73.9 Å². The van der Waals surface area contributed by atoms with Crippen LogP contribution in [-0.4, -0.2) is 61.3 Å². The van der Waals surface area contributed by atoms with Crippen LogP contribution in [0.3, 0.4) is 0 Å². The van der Waals surface area contributed by atoms with Crippen molar-refractivity contribution in [2.45, 2.75) is 37.9 Å². The highest BCUT2D eigenvalue weighted by Crippen LogP contribution is 2.30. The van der Waals surface area contributed by atoms with Gasteiger partial charge in [0.25, 0.3) is 0 Å².